The Kier molecular flexibility index (Phi) is 8.48. The normalized spacial score (nSPS) is 23.2. The summed E-state index contributed by atoms with van der Waals surface area (Å²) in [5, 5.41) is 9.26. The minimum atomic E-state index is 0.0203. The average molecular weight is 551 g/mol. The van der Waals surface area contributed by atoms with E-state index in [1.165, 1.54) is 32.1 Å². The van der Waals surface area contributed by atoms with Gasteiger partial charge in [0, 0.05) is 52.0 Å². The van der Waals surface area contributed by atoms with Crippen LogP contribution in [-0.2, 0) is 0 Å². The van der Waals surface area contributed by atoms with Crippen molar-refractivity contribution in [3.05, 3.63) is 28.8 Å². The van der Waals surface area contributed by atoms with Gasteiger partial charge in [0.2, 0.25) is 0 Å². The Bertz CT molecular complexity index is 796. The van der Waals surface area contributed by atoms with Gasteiger partial charge in [0.25, 0.3) is 5.91 Å². The van der Waals surface area contributed by atoms with Crippen molar-refractivity contribution in [1.82, 2.24) is 15.1 Å². The molecule has 0 aromatic carbocycles. The van der Waals surface area contributed by atoms with Crippen molar-refractivity contribution in [2.45, 2.75) is 58.4 Å². The van der Waals surface area contributed by atoms with Gasteiger partial charge in [0.1, 0.15) is 5.69 Å². The number of nitrogens with one attached hydrogen (secondary N) is 1. The lowest BCUT2D eigenvalue weighted by Gasteiger charge is -2.44. The number of rotatable bonds is 4. The molecule has 1 aliphatic carbocycles. The lowest BCUT2D eigenvalue weighted by Crippen LogP contribution is -2.49. The first-order valence-electron chi connectivity index (χ1n) is 10.4. The molecule has 1 amide bonds. The van der Waals surface area contributed by atoms with Gasteiger partial charge in [0.15, 0.2) is 0 Å². The van der Waals surface area contributed by atoms with Gasteiger partial charge in [-0.05, 0) is 58.6 Å². The molecule has 1 aliphatic heterocycles. The second-order valence-corrected chi connectivity index (χ2v) is 13.2. The predicted octanol–water partition coefficient (Wildman–Crippen LogP) is 6.98. The fourth-order valence-electron chi connectivity index (χ4n) is 4.21. The monoisotopic (exact) mass is 550 g/mol. The molecule has 0 bridgehead atoms. The molecule has 1 saturated carbocycles. The summed E-state index contributed by atoms with van der Waals surface area (Å²) in [6.07, 6.45) is 7.55. The number of halogens is 1. The van der Waals surface area contributed by atoms with Crippen LogP contribution >= 0.6 is 51.3 Å². The number of carbonyl (C=O) groups excluding carboxylic acids is 1. The zero-order chi connectivity index (χ0) is 20.8. The summed E-state index contributed by atoms with van der Waals surface area (Å²) in [5.41, 5.74) is 2.83. The fraction of sp³-hybridized carbons (Fsp3) is 0.600. The van der Waals surface area contributed by atoms with Gasteiger partial charge >= 0.3 is 0 Å². The first-order valence-corrected chi connectivity index (χ1v) is 15.4. The number of nitrogens with zero attached hydrogens (tertiary/aromatic N) is 2. The van der Waals surface area contributed by atoms with E-state index in [0.717, 1.165) is 40.7 Å². The summed E-state index contributed by atoms with van der Waals surface area (Å²) in [5.74, 6) is 0.949. The molecule has 0 radical (unpaired) electrons. The van der Waals surface area contributed by atoms with Gasteiger partial charge in [-0.15, -0.1) is 11.3 Å². The van der Waals surface area contributed by atoms with E-state index in [2.05, 4.69) is 36.3 Å². The number of fused-ring (bicyclic) bond motifs is 1. The Balaban J connectivity index is 0.000000353. The number of aromatic nitrogens is 2. The van der Waals surface area contributed by atoms with Gasteiger partial charge in [0.05, 0.1) is 10.4 Å². The van der Waals surface area contributed by atoms with Crippen LogP contribution in [0.2, 0.25) is 0 Å². The largest absolute Gasteiger partial charge is 0.335 e. The first kappa shape index (κ1) is 21.1. The minimum absolute atomic E-state index is 0.0203. The molecule has 4 nitrogen and oxygen atoms in total. The Morgan fingerprint density at radius 2 is 2.18 bits per heavy atom. The molecule has 2 aliphatic rings. The van der Waals surface area contributed by atoms with Crippen LogP contribution in [0.3, 0.4) is 0 Å². The Morgan fingerprint density at radius 1 is 1.39 bits per heavy atom. The lowest BCUT2D eigenvalue weighted by atomic mass is 9.78. The molecule has 154 valence electrons. The highest BCUT2D eigenvalue weighted by molar-refractivity contribution is 14.2. The highest BCUT2D eigenvalue weighted by atomic mass is 127. The molecular weight excluding hydrogens is 521 g/mol. The van der Waals surface area contributed by atoms with Gasteiger partial charge < -0.3 is 4.90 Å². The van der Waals surface area contributed by atoms with E-state index in [1.54, 1.807) is 30.1 Å². The highest BCUT2D eigenvalue weighted by Gasteiger charge is 2.36. The van der Waals surface area contributed by atoms with Gasteiger partial charge in [-0.3, -0.25) is 9.89 Å². The van der Waals surface area contributed by atoms with E-state index in [1.807, 2.05) is 31.4 Å². The van der Waals surface area contributed by atoms with Crippen molar-refractivity contribution in [2.24, 2.45) is 5.92 Å². The molecule has 3 heterocycles. The zero-order valence-electron chi connectivity index (χ0n) is 17.3. The highest BCUT2D eigenvalue weighted by Crippen LogP contribution is 2.36. The number of hydrogen-bond acceptors (Lipinski definition) is 5. The van der Waals surface area contributed by atoms with E-state index in [-0.39, 0.29) is 11.6 Å². The van der Waals surface area contributed by atoms with Crippen molar-refractivity contribution in [1.29, 1.82) is 0 Å². The first-order chi connectivity index (χ1) is 14.0. The molecule has 4 rings (SSSR count). The number of carbonyl (C=O) groups is 1. The summed E-state index contributed by atoms with van der Waals surface area (Å²) in [6.45, 7) is 4.77. The Labute approximate surface area is 193 Å². The van der Waals surface area contributed by atoms with E-state index in [9.17, 15) is 4.79 Å². The standard InChI is InChI=1S/C18H23N3OS.C2H5IS2/c1-12-9-15(20-19-12)17-10-14(11-23-17)18(22)21-8-4-6-13-5-2-3-7-16(13)21;1-2-4-5-3/h9-11,13,16H,2-8H2,1H3,(H,19,20);2H2,1H3/i;2D. The van der Waals surface area contributed by atoms with E-state index in [0.29, 0.717) is 6.04 Å². The van der Waals surface area contributed by atoms with E-state index >= 15 is 0 Å². The molecule has 3 atom stereocenters. The van der Waals surface area contributed by atoms with Crippen molar-refractivity contribution in [3.8, 4) is 10.6 Å². The van der Waals surface area contributed by atoms with Crippen LogP contribution in [0.5, 0.6) is 0 Å². The van der Waals surface area contributed by atoms with Gasteiger partial charge in [-0.1, -0.05) is 30.6 Å². The maximum Gasteiger partial charge on any atom is 0.254 e. The summed E-state index contributed by atoms with van der Waals surface area (Å²) in [4.78, 5) is 16.2. The number of H-pyrrole nitrogens is 1. The van der Waals surface area contributed by atoms with Crippen molar-refractivity contribution < 1.29 is 6.17 Å². The quantitative estimate of drug-likeness (QED) is 0.330. The Morgan fingerprint density at radius 3 is 2.86 bits per heavy atom. The molecule has 2 fully saturated rings. The topological polar surface area (TPSA) is 49.0 Å². The molecule has 1 saturated heterocycles. The molecule has 28 heavy (non-hydrogen) atoms. The molecule has 2 aromatic heterocycles. The van der Waals surface area contributed by atoms with Gasteiger partial charge in [-0.25, -0.2) is 0 Å². The second-order valence-electron chi connectivity index (χ2n) is 7.28. The van der Waals surface area contributed by atoms with Gasteiger partial charge in [-0.2, -0.15) is 5.10 Å². The van der Waals surface area contributed by atoms with Crippen LogP contribution in [0.1, 0.15) is 62.9 Å². The predicted molar refractivity (Wildman–Crippen MR) is 132 cm³/mol. The molecule has 8 heteroatoms. The number of amides is 1. The summed E-state index contributed by atoms with van der Waals surface area (Å²) >= 11 is 3.77. The third-order valence-electron chi connectivity index (χ3n) is 5.44. The molecule has 2 aromatic rings. The maximum absolute atomic E-state index is 13.0. The van der Waals surface area contributed by atoms with Crippen LogP contribution in [0.4, 0.5) is 0 Å². The maximum atomic E-state index is 13.0. The molecular formula is C20H28IN3OS3. The van der Waals surface area contributed by atoms with Crippen LogP contribution in [0.25, 0.3) is 10.6 Å². The van der Waals surface area contributed by atoms with E-state index in [4.69, 9.17) is 1.37 Å². The van der Waals surface area contributed by atoms with Crippen LogP contribution < -0.4 is 0 Å². The third-order valence-corrected chi connectivity index (χ3v) is 9.32. The summed E-state index contributed by atoms with van der Waals surface area (Å²) in [7, 11) is 3.16. The van der Waals surface area contributed by atoms with Crippen LogP contribution in [-0.4, -0.2) is 39.3 Å². The van der Waals surface area contributed by atoms with Crippen molar-refractivity contribution in [3.63, 3.8) is 0 Å². The molecule has 0 spiro atoms. The Hall–Kier alpha value is -0.190. The van der Waals surface area contributed by atoms with Crippen molar-refractivity contribution in [2.75, 3.05) is 12.3 Å². The van der Waals surface area contributed by atoms with Crippen LogP contribution in [0.15, 0.2) is 17.5 Å². The summed E-state index contributed by atoms with van der Waals surface area (Å²) < 4.78 is 6.91. The number of aromatic amines is 1. The number of piperidine rings is 1. The fourth-order valence-corrected chi connectivity index (χ4v) is 7.21. The number of likely N-dealkylation sites (tertiary alicyclic amines) is 1. The molecule has 1 N–H and O–H groups in total. The van der Waals surface area contributed by atoms with Crippen molar-refractivity contribution >= 4 is 57.2 Å². The SMILES string of the molecule is Cc1cc(-c2cc(C(=O)N3CCCC4CCCCC43)cs2)n[nH]1.[2H]C(C)SSI. The number of aryl methyl sites for hydroxylation is 1. The number of hydrogen-bond donors (Lipinski definition) is 1. The van der Waals surface area contributed by atoms with Crippen LogP contribution in [0, 0.1) is 12.8 Å². The second kappa shape index (κ2) is 11.3. The van der Waals surface area contributed by atoms with E-state index < -0.39 is 0 Å². The third kappa shape index (κ3) is 5.70. The zero-order valence-corrected chi connectivity index (χ0v) is 20.9. The smallest absolute Gasteiger partial charge is 0.254 e. The molecule has 3 unspecified atom stereocenters. The lowest BCUT2D eigenvalue weighted by molar-refractivity contribution is 0.0391. The number of thiophene rings is 1. The summed E-state index contributed by atoms with van der Waals surface area (Å²) in [6, 6.07) is 4.51. The minimum Gasteiger partial charge on any atom is -0.335 e. The average Bonchev–Trinajstić information content (AvgIpc) is 3.36.